The third-order valence-electron chi connectivity index (χ3n) is 9.09. The number of phenols is 2. The van der Waals surface area contributed by atoms with Gasteiger partial charge in [-0.25, -0.2) is 0 Å². The molecule has 7 aromatic rings. The number of ether oxygens (including phenoxy) is 2. The van der Waals surface area contributed by atoms with E-state index in [2.05, 4.69) is 40.9 Å². The number of hydrogen-bond donors (Lipinski definition) is 5. The van der Waals surface area contributed by atoms with E-state index >= 15 is 0 Å². The van der Waals surface area contributed by atoms with E-state index in [0.29, 0.717) is 38.7 Å². The molecule has 0 aromatic heterocycles. The lowest BCUT2D eigenvalue weighted by Crippen LogP contribution is -1.98. The Balaban J connectivity index is 1.12. The minimum atomic E-state index is -4.49. The van der Waals surface area contributed by atoms with Gasteiger partial charge in [0.15, 0.2) is 5.75 Å². The molecule has 7 aromatic carbocycles. The number of benzene rings is 7. The molecule has 0 spiro atoms. The van der Waals surface area contributed by atoms with Crippen LogP contribution < -0.4 is 9.47 Å². The Bertz CT molecular complexity index is 2990. The van der Waals surface area contributed by atoms with Gasteiger partial charge in [0.2, 0.25) is 0 Å². The van der Waals surface area contributed by atoms with Crippen molar-refractivity contribution >= 4 is 77.2 Å². The molecule has 0 radical (unpaired) electrons. The Labute approximate surface area is 341 Å². The maximum absolute atomic E-state index is 11.9. The summed E-state index contributed by atoms with van der Waals surface area (Å²) in [5.41, 5.74) is 3.14. The van der Waals surface area contributed by atoms with E-state index in [1.165, 1.54) is 68.8 Å². The normalized spacial score (nSPS) is 12.2. The number of nitrogens with zero attached hydrogens (tertiary/aromatic N) is 8. The topological polar surface area (TPSA) is 253 Å². The van der Waals surface area contributed by atoms with Crippen LogP contribution in [0.4, 0.5) is 45.5 Å². The number of azo groups is 4. The lowest BCUT2D eigenvalue weighted by atomic mass is 10.1. The molecule has 0 aliphatic rings. The third-order valence-corrected chi connectivity index (χ3v) is 10.0. The number of hydrogen-bond acceptors (Lipinski definition) is 16. The Kier molecular flexibility index (Phi) is 11.9. The van der Waals surface area contributed by atoms with Crippen molar-refractivity contribution in [2.75, 3.05) is 14.2 Å². The van der Waals surface area contributed by atoms with E-state index in [0.717, 1.165) is 0 Å². The van der Waals surface area contributed by atoms with E-state index in [1.54, 1.807) is 60.7 Å². The molecule has 7 rings (SSSR count). The number of aliphatic hydroxyl groups is 2. The van der Waals surface area contributed by atoms with Crippen LogP contribution in [0.1, 0.15) is 11.1 Å². The molecule has 0 unspecified atom stereocenters. The number of methoxy groups -OCH3 is 2. The summed E-state index contributed by atoms with van der Waals surface area (Å²) in [6.45, 7) is -0.907. The molecule has 0 saturated carbocycles. The average Bonchev–Trinajstić information content (AvgIpc) is 3.26. The first-order valence-corrected chi connectivity index (χ1v) is 19.3. The molecule has 0 amide bonds. The van der Waals surface area contributed by atoms with Crippen molar-refractivity contribution in [3.8, 4) is 23.0 Å². The highest BCUT2D eigenvalue weighted by molar-refractivity contribution is 7.86. The molecule has 302 valence electrons. The van der Waals surface area contributed by atoms with Crippen molar-refractivity contribution in [1.29, 1.82) is 0 Å². The van der Waals surface area contributed by atoms with Crippen LogP contribution in [0.2, 0.25) is 0 Å². The van der Waals surface area contributed by atoms with Crippen LogP contribution in [-0.4, -0.2) is 47.6 Å². The summed E-state index contributed by atoms with van der Waals surface area (Å²) in [5, 5.41) is 77.1. The van der Waals surface area contributed by atoms with E-state index < -0.39 is 23.3 Å². The molecule has 5 N–H and O–H groups in total. The zero-order chi connectivity index (χ0) is 42.4. The molecule has 0 aliphatic carbocycles. The highest BCUT2D eigenvalue weighted by Gasteiger charge is 2.16. The number of fused-ring (bicyclic) bond motifs is 2. The highest BCUT2D eigenvalue weighted by atomic mass is 32.2. The zero-order valence-electron chi connectivity index (χ0n) is 31.7. The Hall–Kier alpha value is -7.51. The second-order valence-corrected chi connectivity index (χ2v) is 14.3. The van der Waals surface area contributed by atoms with Crippen LogP contribution in [0.15, 0.2) is 161 Å². The fourth-order valence-corrected chi connectivity index (χ4v) is 6.74. The lowest BCUT2D eigenvalue weighted by molar-refractivity contribution is 0.282. The number of rotatable bonds is 13. The van der Waals surface area contributed by atoms with Crippen molar-refractivity contribution in [2.24, 2.45) is 40.9 Å². The summed E-state index contributed by atoms with van der Waals surface area (Å²) in [7, 11) is -1.66. The predicted octanol–water partition coefficient (Wildman–Crippen LogP) is 11.3. The Morgan fingerprint density at radius 3 is 1.63 bits per heavy atom. The minimum absolute atomic E-state index is 0.114. The summed E-state index contributed by atoms with van der Waals surface area (Å²) in [5.74, 6) is 0.480. The van der Waals surface area contributed by atoms with Gasteiger partial charge in [-0.15, -0.1) is 20.5 Å². The van der Waals surface area contributed by atoms with Crippen LogP contribution in [0.3, 0.4) is 0 Å². The van der Waals surface area contributed by atoms with E-state index in [-0.39, 0.29) is 67.4 Å². The molecule has 0 saturated heterocycles. The second-order valence-electron chi connectivity index (χ2n) is 12.9. The second kappa shape index (κ2) is 17.5. The van der Waals surface area contributed by atoms with Gasteiger partial charge >= 0.3 is 0 Å². The van der Waals surface area contributed by atoms with Crippen molar-refractivity contribution in [2.45, 2.75) is 18.1 Å². The van der Waals surface area contributed by atoms with Gasteiger partial charge < -0.3 is 29.9 Å². The number of aliphatic hydroxyl groups excluding tert-OH is 2. The van der Waals surface area contributed by atoms with Gasteiger partial charge in [0.05, 0.1) is 55.9 Å². The Morgan fingerprint density at radius 1 is 0.500 bits per heavy atom. The monoisotopic (exact) mass is 826 g/mol. The zero-order valence-corrected chi connectivity index (χ0v) is 32.6. The SMILES string of the molecule is COc1cc(N=Nc2ccc3cccc(S(=O)(=O)O)c3c2)c(CO)cc1N=Nc1cc(OC)c(N=Nc2ccc3cc(N=Nc4ccc(O)cc4)ccc3c2O)cc1CO. The fourth-order valence-electron chi connectivity index (χ4n) is 6.04. The standard InChI is InChI=1S/C42H34N8O9S/c1-58-39-20-35(47-45-30-8-6-24-4-3-5-41(33(24)19-30)60(55,56)57)26(22-51)17-38(39)50-48-36-21-40(59-2)37(18-27(36)23-52)49-46-34-15-7-25-16-29(11-14-32(25)42(34)54)44-43-28-9-12-31(53)13-10-28/h3-21,51-54H,22-23H2,1-2H3,(H,55,56,57). The van der Waals surface area contributed by atoms with Gasteiger partial charge in [-0.2, -0.15) is 28.9 Å². The van der Waals surface area contributed by atoms with Crippen LogP contribution in [0.25, 0.3) is 21.5 Å². The van der Waals surface area contributed by atoms with Crippen molar-refractivity contribution in [3.63, 3.8) is 0 Å². The minimum Gasteiger partial charge on any atom is -0.508 e. The van der Waals surface area contributed by atoms with Gasteiger partial charge in [-0.3, -0.25) is 4.55 Å². The molecule has 0 heterocycles. The molecular weight excluding hydrogens is 793 g/mol. The molecule has 0 fully saturated rings. The summed E-state index contributed by atoms with van der Waals surface area (Å²) < 4.78 is 44.6. The first-order valence-electron chi connectivity index (χ1n) is 17.8. The van der Waals surface area contributed by atoms with Crippen molar-refractivity contribution in [1.82, 2.24) is 0 Å². The molecule has 0 bridgehead atoms. The quantitative estimate of drug-likeness (QED) is 0.0546. The van der Waals surface area contributed by atoms with Gasteiger partial charge in [0.1, 0.15) is 39.2 Å². The van der Waals surface area contributed by atoms with Crippen molar-refractivity contribution in [3.05, 3.63) is 126 Å². The van der Waals surface area contributed by atoms with Crippen molar-refractivity contribution < 1.29 is 42.9 Å². The average molecular weight is 827 g/mol. The molecular formula is C42H34N8O9S. The van der Waals surface area contributed by atoms with Crippen LogP contribution in [0.5, 0.6) is 23.0 Å². The van der Waals surface area contributed by atoms with Gasteiger partial charge in [-0.05, 0) is 89.6 Å². The summed E-state index contributed by atoms with van der Waals surface area (Å²) in [4.78, 5) is -0.267. The van der Waals surface area contributed by atoms with Gasteiger partial charge in [0, 0.05) is 34.0 Å². The molecule has 0 aliphatic heterocycles. The first kappa shape index (κ1) is 40.7. The maximum Gasteiger partial charge on any atom is 0.295 e. The predicted molar refractivity (Wildman–Crippen MR) is 222 cm³/mol. The van der Waals surface area contributed by atoms with Crippen LogP contribution in [0, 0.1) is 0 Å². The smallest absolute Gasteiger partial charge is 0.295 e. The fraction of sp³-hybridized carbons (Fsp3) is 0.0952. The highest BCUT2D eigenvalue weighted by Crippen LogP contribution is 2.42. The molecule has 17 nitrogen and oxygen atoms in total. The van der Waals surface area contributed by atoms with Crippen LogP contribution >= 0.6 is 0 Å². The maximum atomic E-state index is 11.9. The van der Waals surface area contributed by atoms with Gasteiger partial charge in [-0.1, -0.05) is 24.3 Å². The lowest BCUT2D eigenvalue weighted by Gasteiger charge is -2.10. The largest absolute Gasteiger partial charge is 0.508 e. The first-order chi connectivity index (χ1) is 29.0. The van der Waals surface area contributed by atoms with E-state index in [1.807, 2.05) is 0 Å². The van der Waals surface area contributed by atoms with E-state index in [4.69, 9.17) is 9.47 Å². The van der Waals surface area contributed by atoms with E-state index in [9.17, 15) is 33.4 Å². The Morgan fingerprint density at radius 2 is 1.02 bits per heavy atom. The summed E-state index contributed by atoms with van der Waals surface area (Å²) in [6.07, 6.45) is 0. The van der Waals surface area contributed by atoms with Gasteiger partial charge in [0.25, 0.3) is 10.1 Å². The van der Waals surface area contributed by atoms with Crippen LogP contribution in [-0.2, 0) is 23.3 Å². The molecule has 0 atom stereocenters. The molecule has 60 heavy (non-hydrogen) atoms. The summed E-state index contributed by atoms with van der Waals surface area (Å²) in [6, 6.07) is 30.0. The number of phenolic OH excluding ortho intramolecular Hbond substituents is 2. The summed E-state index contributed by atoms with van der Waals surface area (Å²) >= 11 is 0. The third kappa shape index (κ3) is 8.96. The molecule has 18 heteroatoms. The number of aromatic hydroxyl groups is 2.